The van der Waals surface area contributed by atoms with Crippen LogP contribution in [0.4, 0.5) is 0 Å². The first-order valence-corrected chi connectivity index (χ1v) is 8.22. The van der Waals surface area contributed by atoms with Crippen molar-refractivity contribution < 1.29 is 9.53 Å². The lowest BCUT2D eigenvalue weighted by Gasteiger charge is -2.31. The zero-order valence-corrected chi connectivity index (χ0v) is 13.8. The van der Waals surface area contributed by atoms with Gasteiger partial charge in [0.1, 0.15) is 5.75 Å². The average molecular weight is 326 g/mol. The smallest absolute Gasteiger partial charge is 0.238 e. The number of likely N-dealkylation sites (tertiary alicyclic amines) is 1. The lowest BCUT2D eigenvalue weighted by Crippen LogP contribution is -2.41. The topological polar surface area (TPSA) is 67.4 Å². The van der Waals surface area contributed by atoms with Crippen molar-refractivity contribution in [3.05, 3.63) is 48.4 Å². The van der Waals surface area contributed by atoms with Crippen molar-refractivity contribution in [1.82, 2.24) is 20.2 Å². The monoisotopic (exact) mass is 326 g/mol. The second kappa shape index (κ2) is 7.88. The van der Waals surface area contributed by atoms with Crippen LogP contribution >= 0.6 is 0 Å². The Bertz CT molecular complexity index is 678. The Morgan fingerprint density at radius 2 is 2.17 bits per heavy atom. The molecule has 0 radical (unpaired) electrons. The predicted octanol–water partition coefficient (Wildman–Crippen LogP) is 2.19. The van der Waals surface area contributed by atoms with E-state index >= 15 is 0 Å². The number of amides is 1. The zero-order chi connectivity index (χ0) is 16.8. The van der Waals surface area contributed by atoms with Crippen molar-refractivity contribution in [2.75, 3.05) is 26.7 Å². The molecule has 1 atom stereocenters. The molecule has 0 bridgehead atoms. The number of benzene rings is 1. The Morgan fingerprint density at radius 1 is 1.33 bits per heavy atom. The van der Waals surface area contributed by atoms with Gasteiger partial charge >= 0.3 is 0 Å². The molecule has 0 spiro atoms. The molecular weight excluding hydrogens is 304 g/mol. The van der Waals surface area contributed by atoms with Crippen LogP contribution in [0, 0.1) is 0 Å². The summed E-state index contributed by atoms with van der Waals surface area (Å²) < 4.78 is 5.77. The molecule has 1 unspecified atom stereocenters. The van der Waals surface area contributed by atoms with Gasteiger partial charge < -0.3 is 10.1 Å². The van der Waals surface area contributed by atoms with Crippen molar-refractivity contribution in [2.45, 2.75) is 18.8 Å². The highest BCUT2D eigenvalue weighted by molar-refractivity contribution is 5.77. The van der Waals surface area contributed by atoms with Gasteiger partial charge in [0.05, 0.1) is 18.4 Å². The van der Waals surface area contributed by atoms with Crippen molar-refractivity contribution >= 4 is 5.91 Å². The molecule has 1 N–H and O–H groups in total. The van der Waals surface area contributed by atoms with Crippen LogP contribution < -0.4 is 10.1 Å². The van der Waals surface area contributed by atoms with Gasteiger partial charge in [0, 0.05) is 25.7 Å². The van der Waals surface area contributed by atoms with E-state index in [-0.39, 0.29) is 11.8 Å². The van der Waals surface area contributed by atoms with Crippen LogP contribution in [-0.4, -0.2) is 47.5 Å². The molecule has 126 valence electrons. The minimum absolute atomic E-state index is 0.0443. The largest absolute Gasteiger partial charge is 0.437 e. The summed E-state index contributed by atoms with van der Waals surface area (Å²) in [5.74, 6) is 1.56. The number of rotatable bonds is 5. The molecule has 1 amide bonds. The van der Waals surface area contributed by atoms with E-state index in [1.807, 2.05) is 30.3 Å². The van der Waals surface area contributed by atoms with Gasteiger partial charge in [-0.05, 0) is 31.5 Å². The number of hydrogen-bond acceptors (Lipinski definition) is 5. The number of para-hydroxylation sites is 1. The Hall–Kier alpha value is -2.47. The molecule has 2 aromatic rings. The maximum absolute atomic E-state index is 11.6. The number of nitrogens with zero attached hydrogens (tertiary/aromatic N) is 3. The van der Waals surface area contributed by atoms with Crippen molar-refractivity contribution in [3.8, 4) is 11.6 Å². The lowest BCUT2D eigenvalue weighted by molar-refractivity contribution is -0.122. The summed E-state index contributed by atoms with van der Waals surface area (Å²) in [5.41, 5.74) is 0.921. The zero-order valence-electron chi connectivity index (χ0n) is 13.8. The van der Waals surface area contributed by atoms with Crippen molar-refractivity contribution in [2.24, 2.45) is 0 Å². The molecule has 6 nitrogen and oxygen atoms in total. The lowest BCUT2D eigenvalue weighted by atomic mass is 9.95. The first kappa shape index (κ1) is 16.4. The molecule has 6 heteroatoms. The molecule has 2 heterocycles. The summed E-state index contributed by atoms with van der Waals surface area (Å²) in [7, 11) is 1.67. The maximum atomic E-state index is 11.6. The van der Waals surface area contributed by atoms with E-state index in [1.54, 1.807) is 19.4 Å². The molecule has 0 saturated carbocycles. The number of hydrogen-bond donors (Lipinski definition) is 1. The van der Waals surface area contributed by atoms with E-state index in [9.17, 15) is 4.79 Å². The average Bonchev–Trinajstić information content (AvgIpc) is 2.63. The minimum atomic E-state index is 0.0443. The van der Waals surface area contributed by atoms with Crippen LogP contribution in [0.5, 0.6) is 11.6 Å². The van der Waals surface area contributed by atoms with Gasteiger partial charge in [-0.25, -0.2) is 4.98 Å². The number of nitrogens with one attached hydrogen (secondary N) is 1. The number of carbonyl (C=O) groups is 1. The number of carbonyl (C=O) groups excluding carboxylic acids is 1. The fraction of sp³-hybridized carbons (Fsp3) is 0.389. The summed E-state index contributed by atoms with van der Waals surface area (Å²) in [5, 5.41) is 2.67. The number of likely N-dealkylation sites (N-methyl/N-ethyl adjacent to an activating group) is 1. The van der Waals surface area contributed by atoms with Gasteiger partial charge in [0.15, 0.2) is 0 Å². The van der Waals surface area contributed by atoms with E-state index in [4.69, 9.17) is 4.74 Å². The number of ether oxygens (including phenoxy) is 1. The summed E-state index contributed by atoms with van der Waals surface area (Å²) in [6.07, 6.45) is 5.52. The molecule has 24 heavy (non-hydrogen) atoms. The standard InChI is InChI=1S/C18H22N4O2/c1-19-17(23)13-22-9-5-6-14(12-22)16-10-20-11-18(21-16)24-15-7-3-2-4-8-15/h2-4,7-8,10-11,14H,5-6,9,12-13H2,1H3,(H,19,23). The summed E-state index contributed by atoms with van der Waals surface area (Å²) in [6, 6.07) is 9.56. The molecule has 1 aromatic carbocycles. The van der Waals surface area contributed by atoms with Crippen LogP contribution in [-0.2, 0) is 4.79 Å². The highest BCUT2D eigenvalue weighted by Gasteiger charge is 2.24. The van der Waals surface area contributed by atoms with Crippen molar-refractivity contribution in [1.29, 1.82) is 0 Å². The first-order chi connectivity index (χ1) is 11.7. The second-order valence-electron chi connectivity index (χ2n) is 5.94. The van der Waals surface area contributed by atoms with Gasteiger partial charge in [-0.1, -0.05) is 18.2 Å². The van der Waals surface area contributed by atoms with Gasteiger partial charge in [-0.2, -0.15) is 0 Å². The van der Waals surface area contributed by atoms with Crippen LogP contribution in [0.15, 0.2) is 42.7 Å². The Labute approximate surface area is 141 Å². The van der Waals surface area contributed by atoms with Gasteiger partial charge in [-0.15, -0.1) is 0 Å². The fourth-order valence-corrected chi connectivity index (χ4v) is 2.94. The highest BCUT2D eigenvalue weighted by Crippen LogP contribution is 2.27. The third kappa shape index (κ3) is 4.29. The van der Waals surface area contributed by atoms with Gasteiger partial charge in [-0.3, -0.25) is 14.7 Å². The summed E-state index contributed by atoms with van der Waals surface area (Å²) in [4.78, 5) is 22.6. The molecule has 0 aliphatic carbocycles. The SMILES string of the molecule is CNC(=O)CN1CCCC(c2cncc(Oc3ccccc3)n2)C1. The normalized spacial score (nSPS) is 18.1. The molecule has 3 rings (SSSR count). The Morgan fingerprint density at radius 3 is 2.96 bits per heavy atom. The van der Waals surface area contributed by atoms with Crippen LogP contribution in [0.3, 0.4) is 0 Å². The molecule has 1 aromatic heterocycles. The van der Waals surface area contributed by atoms with E-state index in [2.05, 4.69) is 20.2 Å². The van der Waals surface area contributed by atoms with E-state index in [1.165, 1.54) is 0 Å². The third-order valence-corrected chi connectivity index (χ3v) is 4.17. The first-order valence-electron chi connectivity index (χ1n) is 8.22. The van der Waals surface area contributed by atoms with Crippen LogP contribution in [0.25, 0.3) is 0 Å². The van der Waals surface area contributed by atoms with E-state index in [0.29, 0.717) is 12.4 Å². The quantitative estimate of drug-likeness (QED) is 0.912. The Kier molecular flexibility index (Phi) is 5.38. The molecule has 1 fully saturated rings. The molecular formula is C18H22N4O2. The Balaban J connectivity index is 1.68. The molecule has 1 aliphatic rings. The van der Waals surface area contributed by atoms with E-state index < -0.39 is 0 Å². The minimum Gasteiger partial charge on any atom is -0.437 e. The van der Waals surface area contributed by atoms with E-state index in [0.717, 1.165) is 37.4 Å². The highest BCUT2D eigenvalue weighted by atomic mass is 16.5. The molecule has 1 aliphatic heterocycles. The van der Waals surface area contributed by atoms with Crippen molar-refractivity contribution in [3.63, 3.8) is 0 Å². The van der Waals surface area contributed by atoms with Crippen LogP contribution in [0.1, 0.15) is 24.5 Å². The van der Waals surface area contributed by atoms with Crippen LogP contribution in [0.2, 0.25) is 0 Å². The number of piperidine rings is 1. The summed E-state index contributed by atoms with van der Waals surface area (Å²) >= 11 is 0. The van der Waals surface area contributed by atoms with Gasteiger partial charge in [0.25, 0.3) is 0 Å². The second-order valence-corrected chi connectivity index (χ2v) is 5.94. The summed E-state index contributed by atoms with van der Waals surface area (Å²) in [6.45, 7) is 2.19. The third-order valence-electron chi connectivity index (χ3n) is 4.17. The molecule has 1 saturated heterocycles. The number of aromatic nitrogens is 2. The van der Waals surface area contributed by atoms with Gasteiger partial charge in [0.2, 0.25) is 11.8 Å². The predicted molar refractivity (Wildman–Crippen MR) is 91.0 cm³/mol. The fourth-order valence-electron chi connectivity index (χ4n) is 2.94. The maximum Gasteiger partial charge on any atom is 0.238 e.